The van der Waals surface area contributed by atoms with Crippen molar-refractivity contribution in [3.8, 4) is 5.75 Å². The number of aromatic nitrogens is 2. The Kier molecular flexibility index (Phi) is 6.56. The SMILES string of the molecule is COc1ccccc1N1CCN(CCCCn2c(=O)[nH]c3cc(Cl)c(Cl)cc32)CC1. The lowest BCUT2D eigenvalue weighted by Crippen LogP contribution is -2.46. The van der Waals surface area contributed by atoms with Crippen molar-refractivity contribution in [2.24, 2.45) is 0 Å². The van der Waals surface area contributed by atoms with Crippen molar-refractivity contribution >= 4 is 39.9 Å². The van der Waals surface area contributed by atoms with Crippen LogP contribution in [0.15, 0.2) is 41.2 Å². The molecule has 1 aromatic heterocycles. The molecule has 0 aliphatic carbocycles. The molecule has 3 aromatic rings. The maximum absolute atomic E-state index is 12.3. The number of anilines is 1. The van der Waals surface area contributed by atoms with Crippen LogP contribution in [-0.2, 0) is 6.54 Å². The molecule has 0 unspecified atom stereocenters. The first-order valence-corrected chi connectivity index (χ1v) is 11.0. The van der Waals surface area contributed by atoms with Crippen molar-refractivity contribution in [1.82, 2.24) is 14.5 Å². The van der Waals surface area contributed by atoms with Crippen LogP contribution < -0.4 is 15.3 Å². The number of aromatic amines is 1. The van der Waals surface area contributed by atoms with Gasteiger partial charge in [0.25, 0.3) is 0 Å². The number of hydrogen-bond acceptors (Lipinski definition) is 4. The van der Waals surface area contributed by atoms with E-state index in [2.05, 4.69) is 26.9 Å². The fraction of sp³-hybridized carbons (Fsp3) is 0.409. The molecule has 1 aliphatic rings. The molecular weight excluding hydrogens is 423 g/mol. The van der Waals surface area contributed by atoms with E-state index in [0.29, 0.717) is 16.6 Å². The number of nitrogens with zero attached hydrogens (tertiary/aromatic N) is 3. The first kappa shape index (κ1) is 21.1. The number of fused-ring (bicyclic) bond motifs is 1. The second-order valence-corrected chi connectivity index (χ2v) is 8.39. The Morgan fingerprint density at radius 3 is 2.47 bits per heavy atom. The molecule has 4 rings (SSSR count). The van der Waals surface area contributed by atoms with Crippen molar-refractivity contribution in [3.63, 3.8) is 0 Å². The van der Waals surface area contributed by atoms with E-state index in [0.717, 1.165) is 68.0 Å². The number of hydrogen-bond donors (Lipinski definition) is 1. The Hall–Kier alpha value is -2.15. The van der Waals surface area contributed by atoms with Gasteiger partial charge in [-0.2, -0.15) is 0 Å². The molecule has 6 nitrogen and oxygen atoms in total. The molecule has 160 valence electrons. The van der Waals surface area contributed by atoms with Crippen LogP contribution in [0.4, 0.5) is 5.69 Å². The van der Waals surface area contributed by atoms with Crippen molar-refractivity contribution in [1.29, 1.82) is 0 Å². The number of H-pyrrole nitrogens is 1. The summed E-state index contributed by atoms with van der Waals surface area (Å²) in [6, 6.07) is 11.6. The van der Waals surface area contributed by atoms with Gasteiger partial charge in [0, 0.05) is 32.7 Å². The molecule has 2 heterocycles. The summed E-state index contributed by atoms with van der Waals surface area (Å²) >= 11 is 12.2. The van der Waals surface area contributed by atoms with Gasteiger partial charge in [-0.15, -0.1) is 0 Å². The number of piperazine rings is 1. The average molecular weight is 449 g/mol. The van der Waals surface area contributed by atoms with Gasteiger partial charge in [0.2, 0.25) is 0 Å². The molecule has 2 aromatic carbocycles. The number of ether oxygens (including phenoxy) is 1. The number of benzene rings is 2. The molecule has 0 atom stereocenters. The fourth-order valence-electron chi connectivity index (χ4n) is 4.08. The average Bonchev–Trinajstić information content (AvgIpc) is 3.06. The summed E-state index contributed by atoms with van der Waals surface area (Å²) in [7, 11) is 1.72. The van der Waals surface area contributed by atoms with Gasteiger partial charge in [-0.05, 0) is 43.7 Å². The highest BCUT2D eigenvalue weighted by Gasteiger charge is 2.19. The molecule has 30 heavy (non-hydrogen) atoms. The van der Waals surface area contributed by atoms with Crippen LogP contribution in [0.2, 0.25) is 10.0 Å². The fourth-order valence-corrected chi connectivity index (χ4v) is 4.40. The van der Waals surface area contributed by atoms with Crippen LogP contribution in [0.1, 0.15) is 12.8 Å². The lowest BCUT2D eigenvalue weighted by molar-refractivity contribution is 0.250. The van der Waals surface area contributed by atoms with Gasteiger partial charge in [0.1, 0.15) is 5.75 Å². The van der Waals surface area contributed by atoms with Gasteiger partial charge < -0.3 is 14.6 Å². The standard InChI is InChI=1S/C22H26Cl2N4O2/c1-30-21-7-3-2-6-19(21)27-12-10-26(11-13-27)8-4-5-9-28-20-15-17(24)16(23)14-18(20)25-22(28)29/h2-3,6-7,14-15H,4-5,8-13H2,1H3,(H,25,29). The summed E-state index contributed by atoms with van der Waals surface area (Å²) in [5.41, 5.74) is 2.58. The minimum Gasteiger partial charge on any atom is -0.495 e. The Bertz CT molecular complexity index is 1070. The molecular formula is C22H26Cl2N4O2. The first-order valence-electron chi connectivity index (χ1n) is 10.2. The summed E-state index contributed by atoms with van der Waals surface area (Å²) in [4.78, 5) is 20.0. The van der Waals surface area contributed by atoms with Gasteiger partial charge in [0.05, 0.1) is 33.9 Å². The molecule has 8 heteroatoms. The van der Waals surface area contributed by atoms with Gasteiger partial charge in [0.15, 0.2) is 0 Å². The molecule has 0 radical (unpaired) electrons. The van der Waals surface area contributed by atoms with Gasteiger partial charge in [-0.3, -0.25) is 9.47 Å². The minimum absolute atomic E-state index is 0.117. The third-order valence-corrected chi connectivity index (χ3v) is 6.44. The number of halogens is 2. The van der Waals surface area contributed by atoms with E-state index in [1.807, 2.05) is 12.1 Å². The van der Waals surface area contributed by atoms with E-state index in [1.165, 1.54) is 0 Å². The number of para-hydroxylation sites is 2. The number of imidazole rings is 1. The van der Waals surface area contributed by atoms with Crippen LogP contribution in [0.3, 0.4) is 0 Å². The van der Waals surface area contributed by atoms with E-state index < -0.39 is 0 Å². The smallest absolute Gasteiger partial charge is 0.326 e. The maximum atomic E-state index is 12.3. The van der Waals surface area contributed by atoms with Crippen LogP contribution in [0, 0.1) is 0 Å². The lowest BCUT2D eigenvalue weighted by atomic mass is 10.2. The normalized spacial score (nSPS) is 15.1. The van der Waals surface area contributed by atoms with Crippen LogP contribution in [-0.4, -0.2) is 54.3 Å². The van der Waals surface area contributed by atoms with Crippen molar-refractivity contribution < 1.29 is 4.74 Å². The highest BCUT2D eigenvalue weighted by atomic mass is 35.5. The number of nitrogens with one attached hydrogen (secondary N) is 1. The highest BCUT2D eigenvalue weighted by molar-refractivity contribution is 6.42. The van der Waals surface area contributed by atoms with Crippen molar-refractivity contribution in [2.75, 3.05) is 44.7 Å². The summed E-state index contributed by atoms with van der Waals surface area (Å²) in [6.07, 6.45) is 1.97. The van der Waals surface area contributed by atoms with E-state index in [4.69, 9.17) is 27.9 Å². The Morgan fingerprint density at radius 1 is 1.00 bits per heavy atom. The van der Waals surface area contributed by atoms with Crippen molar-refractivity contribution in [3.05, 3.63) is 56.9 Å². The number of unbranched alkanes of at least 4 members (excludes halogenated alkanes) is 1. The van der Waals surface area contributed by atoms with E-state index in [1.54, 1.807) is 23.8 Å². The number of rotatable bonds is 7. The highest BCUT2D eigenvalue weighted by Crippen LogP contribution is 2.28. The van der Waals surface area contributed by atoms with E-state index in [9.17, 15) is 4.79 Å². The predicted octanol–water partition coefficient (Wildman–Crippen LogP) is 4.25. The van der Waals surface area contributed by atoms with Crippen LogP contribution in [0.25, 0.3) is 11.0 Å². The molecule has 0 bridgehead atoms. The minimum atomic E-state index is -0.117. The van der Waals surface area contributed by atoms with Crippen LogP contribution in [0.5, 0.6) is 5.75 Å². The van der Waals surface area contributed by atoms with Gasteiger partial charge in [-0.1, -0.05) is 35.3 Å². The zero-order valence-corrected chi connectivity index (χ0v) is 18.5. The summed E-state index contributed by atoms with van der Waals surface area (Å²) < 4.78 is 7.24. The largest absolute Gasteiger partial charge is 0.495 e. The quantitative estimate of drug-likeness (QED) is 0.548. The third-order valence-electron chi connectivity index (χ3n) is 5.72. The lowest BCUT2D eigenvalue weighted by Gasteiger charge is -2.36. The summed E-state index contributed by atoms with van der Waals surface area (Å²) in [5, 5.41) is 0.912. The Balaban J connectivity index is 1.27. The summed E-state index contributed by atoms with van der Waals surface area (Å²) in [5.74, 6) is 0.927. The predicted molar refractivity (Wildman–Crippen MR) is 123 cm³/mol. The molecule has 1 fully saturated rings. The zero-order valence-electron chi connectivity index (χ0n) is 17.0. The molecule has 1 aliphatic heterocycles. The number of methoxy groups -OCH3 is 1. The van der Waals surface area contributed by atoms with E-state index in [-0.39, 0.29) is 5.69 Å². The monoisotopic (exact) mass is 448 g/mol. The molecule has 0 spiro atoms. The molecule has 0 amide bonds. The summed E-state index contributed by atoms with van der Waals surface area (Å²) in [6.45, 7) is 5.73. The maximum Gasteiger partial charge on any atom is 0.326 e. The molecule has 1 N–H and O–H groups in total. The second kappa shape index (κ2) is 9.33. The topological polar surface area (TPSA) is 53.5 Å². The van der Waals surface area contributed by atoms with Crippen LogP contribution >= 0.6 is 23.2 Å². The second-order valence-electron chi connectivity index (χ2n) is 7.57. The van der Waals surface area contributed by atoms with Gasteiger partial charge >= 0.3 is 5.69 Å². The first-order chi connectivity index (χ1) is 14.6. The number of aryl methyl sites for hydroxylation is 1. The Labute approximate surface area is 185 Å². The van der Waals surface area contributed by atoms with E-state index >= 15 is 0 Å². The molecule has 1 saturated heterocycles. The molecule has 0 saturated carbocycles. The third kappa shape index (κ3) is 4.46. The van der Waals surface area contributed by atoms with Crippen molar-refractivity contribution in [2.45, 2.75) is 19.4 Å². The van der Waals surface area contributed by atoms with Gasteiger partial charge in [-0.25, -0.2) is 4.79 Å². The Morgan fingerprint density at radius 2 is 1.70 bits per heavy atom. The zero-order chi connectivity index (χ0) is 21.1.